The second-order valence-electron chi connectivity index (χ2n) is 5.54. The van der Waals surface area contributed by atoms with Gasteiger partial charge in [0.2, 0.25) is 0 Å². The number of rotatable bonds is 8. The first-order chi connectivity index (χ1) is 12.2. The Bertz CT molecular complexity index is 816. The van der Waals surface area contributed by atoms with E-state index in [1.165, 1.54) is 12.1 Å². The normalized spacial score (nSPS) is 11.4. The molecule has 0 unspecified atom stereocenters. The zero-order valence-electron chi connectivity index (χ0n) is 14.4. The Morgan fingerprint density at radius 2 is 1.88 bits per heavy atom. The van der Waals surface area contributed by atoms with Gasteiger partial charge in [-0.25, -0.2) is 9.37 Å². The standard InChI is InChI=1S/C19H21FN2OS2/c1-3-22(4-2)11-12-23-15-7-10-17-18(13-15)25-19(21-17)24-16-8-5-14(20)6-9-16/h5-10,13H,3-4,11-12H2,1-2H3. The maximum Gasteiger partial charge on any atom is 0.155 e. The Hall–Kier alpha value is -1.63. The van der Waals surface area contributed by atoms with Gasteiger partial charge in [-0.15, -0.1) is 11.3 Å². The minimum atomic E-state index is -0.222. The molecular formula is C19H21FN2OS2. The van der Waals surface area contributed by atoms with Crippen molar-refractivity contribution in [3.63, 3.8) is 0 Å². The maximum absolute atomic E-state index is 13.0. The van der Waals surface area contributed by atoms with E-state index in [1.807, 2.05) is 18.2 Å². The van der Waals surface area contributed by atoms with Gasteiger partial charge in [-0.3, -0.25) is 0 Å². The monoisotopic (exact) mass is 376 g/mol. The van der Waals surface area contributed by atoms with Gasteiger partial charge in [0.15, 0.2) is 4.34 Å². The molecule has 0 saturated heterocycles. The number of hydrogen-bond acceptors (Lipinski definition) is 5. The average Bonchev–Trinajstić information content (AvgIpc) is 3.02. The number of hydrogen-bond donors (Lipinski definition) is 0. The van der Waals surface area contributed by atoms with Crippen LogP contribution in [0.2, 0.25) is 0 Å². The van der Waals surface area contributed by atoms with Crippen LogP contribution in [0, 0.1) is 5.82 Å². The second-order valence-corrected chi connectivity index (χ2v) is 7.89. The van der Waals surface area contributed by atoms with Crippen molar-refractivity contribution in [1.82, 2.24) is 9.88 Å². The highest BCUT2D eigenvalue weighted by molar-refractivity contribution is 8.01. The van der Waals surface area contributed by atoms with Crippen molar-refractivity contribution < 1.29 is 9.13 Å². The van der Waals surface area contributed by atoms with E-state index in [0.717, 1.165) is 44.8 Å². The lowest BCUT2D eigenvalue weighted by Crippen LogP contribution is -2.27. The van der Waals surface area contributed by atoms with E-state index in [2.05, 4.69) is 23.7 Å². The third-order valence-corrected chi connectivity index (χ3v) is 6.02. The summed E-state index contributed by atoms with van der Waals surface area (Å²) in [6, 6.07) is 12.5. The predicted molar refractivity (Wildman–Crippen MR) is 103 cm³/mol. The van der Waals surface area contributed by atoms with Crippen molar-refractivity contribution in [2.24, 2.45) is 0 Å². The van der Waals surface area contributed by atoms with Gasteiger partial charge in [0.05, 0.1) is 10.2 Å². The summed E-state index contributed by atoms with van der Waals surface area (Å²) in [6.45, 7) is 8.01. The van der Waals surface area contributed by atoms with Crippen LogP contribution >= 0.6 is 23.1 Å². The smallest absolute Gasteiger partial charge is 0.155 e. The van der Waals surface area contributed by atoms with Crippen LogP contribution in [0.1, 0.15) is 13.8 Å². The van der Waals surface area contributed by atoms with Crippen molar-refractivity contribution in [3.05, 3.63) is 48.3 Å². The molecule has 0 amide bonds. The lowest BCUT2D eigenvalue weighted by atomic mass is 10.3. The molecule has 1 heterocycles. The summed E-state index contributed by atoms with van der Waals surface area (Å²) in [7, 11) is 0. The summed E-state index contributed by atoms with van der Waals surface area (Å²) < 4.78 is 20.9. The average molecular weight is 377 g/mol. The van der Waals surface area contributed by atoms with Gasteiger partial charge in [0, 0.05) is 11.4 Å². The summed E-state index contributed by atoms with van der Waals surface area (Å²) in [5, 5.41) is 0. The Morgan fingerprint density at radius 1 is 1.12 bits per heavy atom. The van der Waals surface area contributed by atoms with Gasteiger partial charge < -0.3 is 9.64 Å². The summed E-state index contributed by atoms with van der Waals surface area (Å²) >= 11 is 3.18. The molecular weight excluding hydrogens is 355 g/mol. The highest BCUT2D eigenvalue weighted by atomic mass is 32.2. The largest absolute Gasteiger partial charge is 0.492 e. The van der Waals surface area contributed by atoms with Crippen molar-refractivity contribution >= 4 is 33.3 Å². The summed E-state index contributed by atoms with van der Waals surface area (Å²) in [6.07, 6.45) is 0. The van der Waals surface area contributed by atoms with Gasteiger partial charge in [-0.1, -0.05) is 25.6 Å². The molecule has 25 heavy (non-hydrogen) atoms. The topological polar surface area (TPSA) is 25.4 Å². The Labute approximate surface area is 155 Å². The SMILES string of the molecule is CCN(CC)CCOc1ccc2nc(Sc3ccc(F)cc3)sc2c1. The van der Waals surface area contributed by atoms with Crippen LogP contribution in [0.25, 0.3) is 10.2 Å². The van der Waals surface area contributed by atoms with Gasteiger partial charge >= 0.3 is 0 Å². The van der Waals surface area contributed by atoms with Gasteiger partial charge in [-0.2, -0.15) is 0 Å². The molecule has 0 aliphatic rings. The number of ether oxygens (including phenoxy) is 1. The van der Waals surface area contributed by atoms with Crippen LogP contribution in [-0.4, -0.2) is 36.1 Å². The number of benzene rings is 2. The molecule has 2 aromatic carbocycles. The number of aromatic nitrogens is 1. The molecule has 0 radical (unpaired) electrons. The molecule has 3 rings (SSSR count). The number of nitrogens with zero attached hydrogens (tertiary/aromatic N) is 2. The first-order valence-electron chi connectivity index (χ1n) is 8.37. The van der Waals surface area contributed by atoms with E-state index in [4.69, 9.17) is 4.74 Å². The molecule has 3 aromatic rings. The third-order valence-electron chi connectivity index (χ3n) is 3.93. The second kappa shape index (κ2) is 8.65. The van der Waals surface area contributed by atoms with Crippen LogP contribution in [0.3, 0.4) is 0 Å². The molecule has 0 aliphatic carbocycles. The van der Waals surface area contributed by atoms with E-state index in [9.17, 15) is 4.39 Å². The van der Waals surface area contributed by atoms with E-state index < -0.39 is 0 Å². The molecule has 0 bridgehead atoms. The lowest BCUT2D eigenvalue weighted by molar-refractivity contribution is 0.223. The zero-order valence-corrected chi connectivity index (χ0v) is 16.0. The summed E-state index contributed by atoms with van der Waals surface area (Å²) in [4.78, 5) is 7.95. The Morgan fingerprint density at radius 3 is 2.60 bits per heavy atom. The maximum atomic E-state index is 13.0. The first kappa shape index (κ1) is 18.2. The molecule has 0 aliphatic heterocycles. The Balaban J connectivity index is 1.65. The zero-order chi connectivity index (χ0) is 17.6. The fourth-order valence-electron chi connectivity index (χ4n) is 2.45. The fourth-order valence-corrected chi connectivity index (χ4v) is 4.52. The number of fused-ring (bicyclic) bond motifs is 1. The van der Waals surface area contributed by atoms with Crippen LogP contribution in [0.5, 0.6) is 5.75 Å². The van der Waals surface area contributed by atoms with Crippen LogP contribution in [0.4, 0.5) is 4.39 Å². The van der Waals surface area contributed by atoms with Crippen LogP contribution < -0.4 is 4.74 Å². The number of likely N-dealkylation sites (N-methyl/N-ethyl adjacent to an activating group) is 1. The van der Waals surface area contributed by atoms with E-state index in [-0.39, 0.29) is 5.82 Å². The highest BCUT2D eigenvalue weighted by Gasteiger charge is 2.08. The minimum absolute atomic E-state index is 0.222. The van der Waals surface area contributed by atoms with E-state index in [1.54, 1.807) is 35.2 Å². The molecule has 3 nitrogen and oxygen atoms in total. The quantitative estimate of drug-likeness (QED) is 0.532. The van der Waals surface area contributed by atoms with E-state index >= 15 is 0 Å². The predicted octanol–water partition coefficient (Wildman–Crippen LogP) is 5.31. The summed E-state index contributed by atoms with van der Waals surface area (Å²) in [5.41, 5.74) is 0.964. The summed E-state index contributed by atoms with van der Waals surface area (Å²) in [5.74, 6) is 0.654. The van der Waals surface area contributed by atoms with Gasteiger partial charge in [0.1, 0.15) is 18.2 Å². The van der Waals surface area contributed by atoms with Crippen molar-refractivity contribution in [2.45, 2.75) is 23.1 Å². The molecule has 0 spiro atoms. The first-order valence-corrected chi connectivity index (χ1v) is 10.0. The lowest BCUT2D eigenvalue weighted by Gasteiger charge is -2.17. The van der Waals surface area contributed by atoms with E-state index in [0.29, 0.717) is 6.61 Å². The molecule has 132 valence electrons. The number of halogens is 1. The molecule has 0 atom stereocenters. The van der Waals surface area contributed by atoms with Crippen molar-refractivity contribution in [2.75, 3.05) is 26.2 Å². The van der Waals surface area contributed by atoms with Crippen molar-refractivity contribution in [1.29, 1.82) is 0 Å². The molecule has 0 fully saturated rings. The van der Waals surface area contributed by atoms with Gasteiger partial charge in [0.25, 0.3) is 0 Å². The molecule has 1 aromatic heterocycles. The molecule has 0 N–H and O–H groups in total. The van der Waals surface area contributed by atoms with Gasteiger partial charge in [-0.05, 0) is 55.6 Å². The van der Waals surface area contributed by atoms with Crippen molar-refractivity contribution in [3.8, 4) is 5.75 Å². The highest BCUT2D eigenvalue weighted by Crippen LogP contribution is 2.35. The molecule has 0 saturated carbocycles. The van der Waals surface area contributed by atoms with Crippen LogP contribution in [-0.2, 0) is 0 Å². The van der Waals surface area contributed by atoms with Crippen LogP contribution in [0.15, 0.2) is 51.7 Å². The Kier molecular flexibility index (Phi) is 6.29. The molecule has 6 heteroatoms. The third kappa shape index (κ3) is 4.93. The number of thiazole rings is 1. The minimum Gasteiger partial charge on any atom is -0.492 e. The fraction of sp³-hybridized carbons (Fsp3) is 0.316.